The molecule has 2 fully saturated rings. The summed E-state index contributed by atoms with van der Waals surface area (Å²) in [6.07, 6.45) is -18.2. The first-order valence-electron chi connectivity index (χ1n) is 12.9. The van der Waals surface area contributed by atoms with Crippen molar-refractivity contribution >= 4 is 11.0 Å². The third kappa shape index (κ3) is 4.79. The fraction of sp³-hybridized carbons (Fsp3) is 0.444. The molecule has 15 heteroatoms. The quantitative estimate of drug-likeness (QED) is 0.147. The molecule has 2 aliphatic heterocycles. The normalized spacial score (nSPS) is 33.6. The van der Waals surface area contributed by atoms with E-state index in [4.69, 9.17) is 13.9 Å². The van der Waals surface area contributed by atoms with Gasteiger partial charge < -0.3 is 70.1 Å². The van der Waals surface area contributed by atoms with Crippen molar-refractivity contribution in [2.75, 3.05) is 13.2 Å². The third-order valence-corrected chi connectivity index (χ3v) is 7.70. The Bertz CT molecular complexity index is 1500. The van der Waals surface area contributed by atoms with Gasteiger partial charge >= 0.3 is 0 Å². The molecule has 42 heavy (non-hydrogen) atoms. The molecule has 5 rings (SSSR count). The lowest BCUT2D eigenvalue weighted by Gasteiger charge is -2.42. The second-order valence-electron chi connectivity index (χ2n) is 10.2. The van der Waals surface area contributed by atoms with Crippen molar-refractivity contribution in [2.24, 2.45) is 0 Å². The van der Waals surface area contributed by atoms with Gasteiger partial charge in [0, 0.05) is 11.6 Å². The molecule has 0 saturated carbocycles. The number of hydrogen-bond acceptors (Lipinski definition) is 15. The number of hydrogen-bond donors (Lipinski definition) is 11. The van der Waals surface area contributed by atoms with Crippen molar-refractivity contribution in [1.82, 2.24) is 0 Å². The van der Waals surface area contributed by atoms with Gasteiger partial charge in [-0.3, -0.25) is 4.79 Å². The summed E-state index contributed by atoms with van der Waals surface area (Å²) < 4.78 is 17.0. The summed E-state index contributed by atoms with van der Waals surface area (Å²) in [7, 11) is 0. The minimum absolute atomic E-state index is 0.0941. The van der Waals surface area contributed by atoms with Crippen LogP contribution in [-0.2, 0) is 9.47 Å². The number of aliphatic hydroxyl groups excluding tert-OH is 8. The van der Waals surface area contributed by atoms with Gasteiger partial charge in [0.05, 0.1) is 24.3 Å². The number of phenolic OH excluding ortho intramolecular Hbond substituents is 3. The van der Waals surface area contributed by atoms with E-state index in [0.717, 1.165) is 6.07 Å². The van der Waals surface area contributed by atoms with Gasteiger partial charge in [-0.05, 0) is 24.3 Å². The molecule has 15 nitrogen and oxygen atoms in total. The number of aromatic hydroxyl groups is 3. The van der Waals surface area contributed by atoms with Gasteiger partial charge in [-0.2, -0.15) is 0 Å². The zero-order chi connectivity index (χ0) is 30.6. The Balaban J connectivity index is 1.82. The van der Waals surface area contributed by atoms with Crippen LogP contribution >= 0.6 is 0 Å². The molecule has 3 aromatic rings. The van der Waals surface area contributed by atoms with Crippen LogP contribution in [0.2, 0.25) is 0 Å². The van der Waals surface area contributed by atoms with Crippen LogP contribution in [0.25, 0.3) is 22.3 Å². The molecule has 2 aromatic carbocycles. The lowest BCUT2D eigenvalue weighted by Crippen LogP contribution is -2.55. The van der Waals surface area contributed by atoms with E-state index in [0.29, 0.717) is 0 Å². The molecule has 0 radical (unpaired) electrons. The number of aliphatic hydroxyl groups is 8. The summed E-state index contributed by atoms with van der Waals surface area (Å²) in [5.74, 6) is -2.20. The number of rotatable bonds is 5. The maximum absolute atomic E-state index is 13.5. The number of ether oxygens (including phenoxy) is 2. The summed E-state index contributed by atoms with van der Waals surface area (Å²) in [6.45, 7) is -1.70. The Kier molecular flexibility index (Phi) is 8.16. The van der Waals surface area contributed by atoms with Gasteiger partial charge in [0.1, 0.15) is 89.4 Å². The Hall–Kier alpha value is -3.35. The first-order valence-corrected chi connectivity index (χ1v) is 12.9. The number of benzene rings is 2. The van der Waals surface area contributed by atoms with Crippen molar-refractivity contribution in [3.05, 3.63) is 51.7 Å². The van der Waals surface area contributed by atoms with Crippen molar-refractivity contribution in [2.45, 2.75) is 61.0 Å². The Morgan fingerprint density at radius 2 is 1.14 bits per heavy atom. The minimum atomic E-state index is -2.02. The SMILES string of the molecule is O=c1cc(-c2ccc(O)cc2)oc2c([C@@H]3O[C@@H](CO)[C@@H](O)[C@@H](O)[C@@H]3O)c(O)c([C@@H]3O[C@@H](CO)[C@@H](O)[C@@H](O)[C@H]3O)c(O)c12. The van der Waals surface area contributed by atoms with Gasteiger partial charge in [-0.15, -0.1) is 0 Å². The molecule has 3 heterocycles. The van der Waals surface area contributed by atoms with Gasteiger partial charge in [-0.1, -0.05) is 0 Å². The van der Waals surface area contributed by atoms with Crippen molar-refractivity contribution < 1.29 is 70.1 Å². The number of fused-ring (bicyclic) bond motifs is 1. The molecule has 0 bridgehead atoms. The van der Waals surface area contributed by atoms with Gasteiger partial charge in [0.25, 0.3) is 0 Å². The van der Waals surface area contributed by atoms with E-state index in [2.05, 4.69) is 0 Å². The van der Waals surface area contributed by atoms with E-state index >= 15 is 0 Å². The maximum Gasteiger partial charge on any atom is 0.197 e. The highest BCUT2D eigenvalue weighted by molar-refractivity contribution is 5.92. The molecule has 0 amide bonds. The van der Waals surface area contributed by atoms with E-state index in [1.54, 1.807) is 0 Å². The summed E-state index contributed by atoms with van der Waals surface area (Å²) >= 11 is 0. The average molecular weight is 595 g/mol. The molecule has 11 N–H and O–H groups in total. The molecule has 228 valence electrons. The van der Waals surface area contributed by atoms with Gasteiger partial charge in [0.15, 0.2) is 11.0 Å². The van der Waals surface area contributed by atoms with Crippen molar-refractivity contribution in [3.63, 3.8) is 0 Å². The second-order valence-corrected chi connectivity index (χ2v) is 10.2. The Labute approximate surface area is 235 Å². The van der Waals surface area contributed by atoms with Gasteiger partial charge in [0.2, 0.25) is 0 Å². The fourth-order valence-electron chi connectivity index (χ4n) is 5.39. The van der Waals surface area contributed by atoms with Gasteiger partial charge in [-0.25, -0.2) is 0 Å². The lowest BCUT2D eigenvalue weighted by atomic mass is 9.85. The summed E-state index contributed by atoms with van der Waals surface area (Å²) in [6, 6.07) is 6.37. The van der Waals surface area contributed by atoms with Crippen LogP contribution in [0.15, 0.2) is 39.5 Å². The first kappa shape index (κ1) is 30.1. The van der Waals surface area contributed by atoms with Crippen LogP contribution in [0, 0.1) is 0 Å². The minimum Gasteiger partial charge on any atom is -0.508 e. The maximum atomic E-state index is 13.5. The largest absolute Gasteiger partial charge is 0.508 e. The van der Waals surface area contributed by atoms with Crippen molar-refractivity contribution in [1.29, 1.82) is 0 Å². The molecular weight excluding hydrogens is 564 g/mol. The predicted molar refractivity (Wildman–Crippen MR) is 138 cm³/mol. The monoisotopic (exact) mass is 594 g/mol. The molecule has 0 spiro atoms. The second kappa shape index (κ2) is 11.4. The highest BCUT2D eigenvalue weighted by Gasteiger charge is 2.50. The smallest absolute Gasteiger partial charge is 0.197 e. The molecule has 0 aliphatic carbocycles. The molecule has 2 aliphatic rings. The molecule has 1 aromatic heterocycles. The average Bonchev–Trinajstić information content (AvgIpc) is 2.97. The molecular formula is C27H30O15. The van der Waals surface area contributed by atoms with Crippen LogP contribution < -0.4 is 5.43 Å². The van der Waals surface area contributed by atoms with E-state index in [1.807, 2.05) is 0 Å². The van der Waals surface area contributed by atoms with Crippen molar-refractivity contribution in [3.8, 4) is 28.6 Å². The Morgan fingerprint density at radius 1 is 0.643 bits per heavy atom. The fourth-order valence-corrected chi connectivity index (χ4v) is 5.39. The first-order chi connectivity index (χ1) is 19.9. The highest BCUT2D eigenvalue weighted by Crippen LogP contribution is 2.51. The highest BCUT2D eigenvalue weighted by atomic mass is 16.6. The Morgan fingerprint density at radius 3 is 1.64 bits per heavy atom. The van der Waals surface area contributed by atoms with E-state index in [-0.39, 0.29) is 17.1 Å². The summed E-state index contributed by atoms with van der Waals surface area (Å²) in [5.41, 5.74) is -2.48. The van der Waals surface area contributed by atoms with Crippen LogP contribution in [0.5, 0.6) is 17.2 Å². The van der Waals surface area contributed by atoms with Crippen LogP contribution in [0.1, 0.15) is 23.3 Å². The summed E-state index contributed by atoms with van der Waals surface area (Å²) in [4.78, 5) is 13.5. The molecule has 0 unspecified atom stereocenters. The number of phenols is 3. The van der Waals surface area contributed by atoms with E-state index < -0.39 is 113 Å². The molecule has 10 atom stereocenters. The van der Waals surface area contributed by atoms with Crippen LogP contribution in [0.3, 0.4) is 0 Å². The van der Waals surface area contributed by atoms with Crippen LogP contribution in [0.4, 0.5) is 0 Å². The zero-order valence-corrected chi connectivity index (χ0v) is 21.6. The lowest BCUT2D eigenvalue weighted by molar-refractivity contribution is -0.234. The summed E-state index contributed by atoms with van der Waals surface area (Å²) in [5, 5.41) is 114. The standard InChI is InChI=1S/C27H30O15/c28-6-12-17(32)21(36)23(38)26(41-12)15-19(34)14-10(31)5-11(8-1-3-9(30)4-2-8)40-25(14)16(20(15)35)27-24(39)22(37)18(33)13(7-29)42-27/h1-5,12-13,17-18,21-24,26-30,32-39H,6-7H2/t12-,13-,17+,18+,21+,22+,23+,24-,26-,27-/m0/s1. The molecule has 2 saturated heterocycles. The predicted octanol–water partition coefficient (Wildman–Crippen LogP) is -2.39. The van der Waals surface area contributed by atoms with E-state index in [9.17, 15) is 61.0 Å². The van der Waals surface area contributed by atoms with Crippen LogP contribution in [-0.4, -0.2) is 118 Å². The van der Waals surface area contributed by atoms with E-state index in [1.165, 1.54) is 24.3 Å². The third-order valence-electron chi connectivity index (χ3n) is 7.70. The topological polar surface area (TPSA) is 271 Å². The zero-order valence-electron chi connectivity index (χ0n) is 21.6.